The number of esters is 2. The second kappa shape index (κ2) is 60.3. The van der Waals surface area contributed by atoms with Crippen LogP contribution in [0.15, 0.2) is 97.2 Å². The fourth-order valence-corrected chi connectivity index (χ4v) is 8.87. The Morgan fingerprint density at radius 1 is 0.392 bits per heavy atom. The third-order valence-electron chi connectivity index (χ3n) is 13.8. The molecule has 2 unspecified atom stereocenters. The highest BCUT2D eigenvalue weighted by Gasteiger charge is 2.22. The summed E-state index contributed by atoms with van der Waals surface area (Å²) in [5.74, 6) is -2.36. The molecule has 0 spiro atoms. The molecule has 0 rings (SSSR count). The van der Waals surface area contributed by atoms with Crippen molar-refractivity contribution in [3.63, 3.8) is 0 Å². The maximum atomic E-state index is 12.8. The zero-order chi connectivity index (χ0) is 57.6. The van der Waals surface area contributed by atoms with E-state index in [1.807, 2.05) is 21.1 Å². The van der Waals surface area contributed by atoms with E-state index in [9.17, 15) is 19.5 Å². The Balaban J connectivity index is 4.06. The van der Waals surface area contributed by atoms with Crippen LogP contribution in [-0.2, 0) is 33.3 Å². The highest BCUT2D eigenvalue weighted by Crippen LogP contribution is 2.17. The number of likely N-dealkylation sites (N-methyl/N-ethyl adjacent to an activating group) is 1. The van der Waals surface area contributed by atoms with E-state index in [0.29, 0.717) is 23.9 Å². The number of rotatable bonds is 59. The number of ether oxygens (including phenoxy) is 4. The molecule has 0 bridgehead atoms. The van der Waals surface area contributed by atoms with E-state index in [1.165, 1.54) is 167 Å². The molecule has 2 atom stereocenters. The van der Waals surface area contributed by atoms with Gasteiger partial charge in [-0.05, 0) is 89.9 Å². The van der Waals surface area contributed by atoms with E-state index in [0.717, 1.165) is 64.2 Å². The van der Waals surface area contributed by atoms with Gasteiger partial charge in [0.15, 0.2) is 12.4 Å². The van der Waals surface area contributed by atoms with E-state index >= 15 is 0 Å². The van der Waals surface area contributed by atoms with E-state index in [1.54, 1.807) is 0 Å². The first-order valence-electron chi connectivity index (χ1n) is 32.4. The summed E-state index contributed by atoms with van der Waals surface area (Å²) in [6.45, 7) is 4.56. The molecule has 0 aliphatic carbocycles. The SMILES string of the molecule is CC/C=C\C/C=C\C/C=C\C/C=C\C/C=C\CCCC(=O)OC(COC(=O)CCCCCCCCCCCCCCCCCCCCCCCC/C=C\C/C=C\C/C=C\CCCCCCC)COC(OCC[N+](C)(C)C)C(=O)[O-]. The van der Waals surface area contributed by atoms with Crippen LogP contribution in [0.1, 0.15) is 271 Å². The predicted molar refractivity (Wildman–Crippen MR) is 334 cm³/mol. The van der Waals surface area contributed by atoms with Crippen LogP contribution in [0, 0.1) is 0 Å². The number of carboxylic acid groups (broad SMARTS) is 1. The van der Waals surface area contributed by atoms with Crippen molar-refractivity contribution in [1.82, 2.24) is 0 Å². The summed E-state index contributed by atoms with van der Waals surface area (Å²) >= 11 is 0. The molecule has 0 saturated carbocycles. The Morgan fingerprint density at radius 2 is 0.734 bits per heavy atom. The number of unbranched alkanes of at least 4 members (excludes halogenated alkanes) is 28. The van der Waals surface area contributed by atoms with Gasteiger partial charge in [0.05, 0.1) is 40.3 Å². The molecule has 0 aromatic heterocycles. The molecule has 0 aliphatic heterocycles. The first-order valence-corrected chi connectivity index (χ1v) is 32.4. The number of nitrogens with zero attached hydrogens (tertiary/aromatic N) is 1. The standard InChI is InChI=1S/C70H121NO8/c1-6-8-10-12-14-16-18-20-22-24-25-26-27-28-29-30-31-32-33-34-35-36-37-38-39-40-41-42-43-45-46-48-50-52-54-56-58-60-67(72)77-64-66(65-78-70(69(74)75)76-63-62-71(3,4)5)79-68(73)61-59-57-55-53-51-49-47-44-23-21-19-17-15-13-11-9-7-2/h9,11,15,17-18,20-21,23-25,27-28,47,49,53,55,66,70H,6-8,10,12-14,16,19,22,26,29-46,48,50-52,54,56-65H2,1-5H3/b11-9-,17-15-,20-18-,23-21-,25-24-,28-27-,49-47-,55-53-. The molecule has 0 N–H and O–H groups in total. The van der Waals surface area contributed by atoms with Crippen LogP contribution < -0.4 is 5.11 Å². The minimum atomic E-state index is -1.64. The number of hydrogen-bond donors (Lipinski definition) is 0. The fraction of sp³-hybridized carbons (Fsp3) is 0.729. The second-order valence-electron chi connectivity index (χ2n) is 22.7. The quantitative estimate of drug-likeness (QED) is 0.0195. The van der Waals surface area contributed by atoms with Gasteiger partial charge in [0, 0.05) is 12.8 Å². The lowest BCUT2D eigenvalue weighted by atomic mass is 10.0. The fourth-order valence-electron chi connectivity index (χ4n) is 8.87. The zero-order valence-corrected chi connectivity index (χ0v) is 51.7. The molecule has 454 valence electrons. The third-order valence-corrected chi connectivity index (χ3v) is 13.8. The largest absolute Gasteiger partial charge is 0.545 e. The van der Waals surface area contributed by atoms with Crippen molar-refractivity contribution < 1.29 is 42.9 Å². The molecule has 9 nitrogen and oxygen atoms in total. The van der Waals surface area contributed by atoms with Crippen molar-refractivity contribution in [2.24, 2.45) is 0 Å². The van der Waals surface area contributed by atoms with E-state index in [-0.39, 0.29) is 38.6 Å². The van der Waals surface area contributed by atoms with Crippen LogP contribution in [0.3, 0.4) is 0 Å². The summed E-state index contributed by atoms with van der Waals surface area (Å²) < 4.78 is 22.6. The predicted octanol–water partition coefficient (Wildman–Crippen LogP) is 18.4. The van der Waals surface area contributed by atoms with Crippen molar-refractivity contribution in [3.8, 4) is 0 Å². The lowest BCUT2D eigenvalue weighted by Gasteiger charge is -2.26. The van der Waals surface area contributed by atoms with Crippen molar-refractivity contribution in [1.29, 1.82) is 0 Å². The summed E-state index contributed by atoms with van der Waals surface area (Å²) in [7, 11) is 5.90. The lowest BCUT2D eigenvalue weighted by Crippen LogP contribution is -2.44. The number of carboxylic acids is 1. The number of carbonyl (C=O) groups excluding carboxylic acids is 3. The molecule has 0 aromatic rings. The van der Waals surface area contributed by atoms with Crippen LogP contribution in [0.5, 0.6) is 0 Å². The van der Waals surface area contributed by atoms with Gasteiger partial charge in [-0.2, -0.15) is 0 Å². The van der Waals surface area contributed by atoms with Crippen LogP contribution >= 0.6 is 0 Å². The molecule has 79 heavy (non-hydrogen) atoms. The molecular weight excluding hydrogens is 983 g/mol. The Bertz CT molecular complexity index is 1620. The van der Waals surface area contributed by atoms with E-state index in [4.69, 9.17) is 18.9 Å². The van der Waals surface area contributed by atoms with Gasteiger partial charge in [-0.25, -0.2) is 0 Å². The summed E-state index contributed by atoms with van der Waals surface area (Å²) in [4.78, 5) is 37.3. The van der Waals surface area contributed by atoms with Crippen molar-refractivity contribution in [2.45, 2.75) is 283 Å². The van der Waals surface area contributed by atoms with Gasteiger partial charge in [0.25, 0.3) is 0 Å². The van der Waals surface area contributed by atoms with Crippen LogP contribution in [0.25, 0.3) is 0 Å². The second-order valence-corrected chi connectivity index (χ2v) is 22.7. The average molecular weight is 1100 g/mol. The van der Waals surface area contributed by atoms with Crippen molar-refractivity contribution in [3.05, 3.63) is 97.2 Å². The van der Waals surface area contributed by atoms with Gasteiger partial charge in [-0.3, -0.25) is 9.59 Å². The normalized spacial score (nSPS) is 13.4. The number of aliphatic carboxylic acids is 1. The molecule has 9 heteroatoms. The summed E-state index contributed by atoms with van der Waals surface area (Å²) in [5.41, 5.74) is 0. The Labute approximate surface area is 486 Å². The Kier molecular flexibility index (Phi) is 57.4. The molecular formula is C70H121NO8. The third kappa shape index (κ3) is 61.7. The van der Waals surface area contributed by atoms with Gasteiger partial charge < -0.3 is 33.3 Å². The number of quaternary nitrogens is 1. The lowest BCUT2D eigenvalue weighted by molar-refractivity contribution is -0.870. The minimum Gasteiger partial charge on any atom is -0.545 e. The molecule has 0 aliphatic rings. The highest BCUT2D eigenvalue weighted by atomic mass is 16.7. The van der Waals surface area contributed by atoms with Crippen LogP contribution in [0.2, 0.25) is 0 Å². The molecule has 0 heterocycles. The topological polar surface area (TPSA) is 111 Å². The van der Waals surface area contributed by atoms with Gasteiger partial charge in [0.2, 0.25) is 0 Å². The molecule has 0 radical (unpaired) electrons. The zero-order valence-electron chi connectivity index (χ0n) is 51.7. The molecule has 0 amide bonds. The van der Waals surface area contributed by atoms with E-state index in [2.05, 4.69) is 111 Å². The maximum Gasteiger partial charge on any atom is 0.306 e. The van der Waals surface area contributed by atoms with Crippen LogP contribution in [0.4, 0.5) is 0 Å². The van der Waals surface area contributed by atoms with Gasteiger partial charge in [-0.15, -0.1) is 0 Å². The summed E-state index contributed by atoms with van der Waals surface area (Å²) in [6.07, 6.45) is 79.4. The van der Waals surface area contributed by atoms with Crippen molar-refractivity contribution in [2.75, 3.05) is 47.5 Å². The minimum absolute atomic E-state index is 0.134. The average Bonchev–Trinajstić information content (AvgIpc) is 3.42. The van der Waals surface area contributed by atoms with Gasteiger partial charge >= 0.3 is 11.9 Å². The Hall–Kier alpha value is -3.79. The molecule has 0 saturated heterocycles. The van der Waals surface area contributed by atoms with Gasteiger partial charge in [0.1, 0.15) is 13.2 Å². The summed E-state index contributed by atoms with van der Waals surface area (Å²) in [5, 5.41) is 11.8. The smallest absolute Gasteiger partial charge is 0.306 e. The maximum absolute atomic E-state index is 12.8. The first-order chi connectivity index (χ1) is 38.6. The number of allylic oxidation sites excluding steroid dienone is 16. The molecule has 0 aromatic carbocycles. The first kappa shape index (κ1) is 75.2. The van der Waals surface area contributed by atoms with Crippen molar-refractivity contribution >= 4 is 17.9 Å². The van der Waals surface area contributed by atoms with E-state index < -0.39 is 24.3 Å². The van der Waals surface area contributed by atoms with Gasteiger partial charge in [-0.1, -0.05) is 265 Å². The number of hydrogen-bond acceptors (Lipinski definition) is 8. The Morgan fingerprint density at radius 3 is 1.11 bits per heavy atom. The highest BCUT2D eigenvalue weighted by molar-refractivity contribution is 5.70. The molecule has 0 fully saturated rings. The number of carbonyl (C=O) groups is 3. The monoisotopic (exact) mass is 1100 g/mol. The summed E-state index contributed by atoms with van der Waals surface area (Å²) in [6, 6.07) is 0. The van der Waals surface area contributed by atoms with Crippen LogP contribution in [-0.4, -0.2) is 82.3 Å².